The smallest absolute Gasteiger partial charge is 0.408 e. The van der Waals surface area contributed by atoms with E-state index in [4.69, 9.17) is 0 Å². The van der Waals surface area contributed by atoms with E-state index in [9.17, 15) is 28.4 Å². The summed E-state index contributed by atoms with van der Waals surface area (Å²) < 4.78 is 40.4. The summed E-state index contributed by atoms with van der Waals surface area (Å²) >= 11 is 0. The predicted molar refractivity (Wildman–Crippen MR) is 72.7 cm³/mol. The lowest BCUT2D eigenvalue weighted by Crippen LogP contribution is -2.49. The molecular weight excluding hydrogens is 303 g/mol. The van der Waals surface area contributed by atoms with E-state index in [-0.39, 0.29) is 18.7 Å². The molecule has 6 nitrogen and oxygen atoms in total. The van der Waals surface area contributed by atoms with Gasteiger partial charge in [-0.2, -0.15) is 13.2 Å². The Bertz CT molecular complexity index is 572. The van der Waals surface area contributed by atoms with Crippen molar-refractivity contribution >= 4 is 5.69 Å². The average molecular weight is 319 g/mol. The van der Waals surface area contributed by atoms with Crippen molar-refractivity contribution < 1.29 is 23.2 Å². The molecule has 2 rings (SSSR count). The number of aromatic hydroxyl groups is 1. The van der Waals surface area contributed by atoms with Gasteiger partial charge in [0.1, 0.15) is 6.04 Å². The fourth-order valence-corrected chi connectivity index (χ4v) is 2.67. The summed E-state index contributed by atoms with van der Waals surface area (Å²) in [5.41, 5.74) is -1.04. The summed E-state index contributed by atoms with van der Waals surface area (Å²) in [7, 11) is 0. The molecule has 0 aliphatic carbocycles. The molecule has 1 aromatic rings. The van der Waals surface area contributed by atoms with Crippen LogP contribution >= 0.6 is 0 Å². The minimum Gasteiger partial charge on any atom is -0.502 e. The van der Waals surface area contributed by atoms with Gasteiger partial charge in [-0.25, -0.2) is 0 Å². The van der Waals surface area contributed by atoms with Crippen molar-refractivity contribution in [3.63, 3.8) is 0 Å². The van der Waals surface area contributed by atoms with Crippen molar-refractivity contribution in [3.05, 3.63) is 33.4 Å². The quantitative estimate of drug-likeness (QED) is 0.659. The van der Waals surface area contributed by atoms with Gasteiger partial charge >= 0.3 is 11.9 Å². The van der Waals surface area contributed by atoms with E-state index in [1.165, 1.54) is 17.9 Å². The average Bonchev–Trinajstić information content (AvgIpc) is 2.41. The lowest BCUT2D eigenvalue weighted by molar-refractivity contribution is -0.386. The van der Waals surface area contributed by atoms with Crippen LogP contribution in [0.4, 0.5) is 18.9 Å². The van der Waals surface area contributed by atoms with Crippen LogP contribution < -0.4 is 5.32 Å². The van der Waals surface area contributed by atoms with Crippen LogP contribution in [-0.4, -0.2) is 47.3 Å². The number of nitro groups is 1. The fraction of sp³-hybridized carbons (Fsp3) is 0.538. The van der Waals surface area contributed by atoms with Crippen LogP contribution in [0.15, 0.2) is 12.1 Å². The number of phenolic OH excluding ortho intramolecular Hbond substituents is 1. The third kappa shape index (κ3) is 3.14. The van der Waals surface area contributed by atoms with Crippen LogP contribution in [-0.2, 0) is 0 Å². The van der Waals surface area contributed by atoms with Crippen LogP contribution in [0.3, 0.4) is 0 Å². The van der Waals surface area contributed by atoms with Crippen LogP contribution in [0, 0.1) is 17.0 Å². The first-order valence-corrected chi connectivity index (χ1v) is 6.72. The third-order valence-electron chi connectivity index (χ3n) is 3.69. The van der Waals surface area contributed by atoms with Gasteiger partial charge in [0.25, 0.3) is 0 Å². The zero-order chi connectivity index (χ0) is 16.5. The number of alkyl halides is 3. The Labute approximate surface area is 124 Å². The number of rotatable bonds is 3. The van der Waals surface area contributed by atoms with Crippen molar-refractivity contribution in [2.24, 2.45) is 0 Å². The molecule has 9 heteroatoms. The van der Waals surface area contributed by atoms with Crippen LogP contribution in [0.2, 0.25) is 0 Å². The molecule has 1 atom stereocenters. The molecule has 122 valence electrons. The number of phenols is 1. The maximum Gasteiger partial charge on any atom is 0.408 e. The number of piperazine rings is 1. The van der Waals surface area contributed by atoms with Gasteiger partial charge in [0.2, 0.25) is 0 Å². The molecule has 1 aliphatic rings. The fourth-order valence-electron chi connectivity index (χ4n) is 2.67. The van der Waals surface area contributed by atoms with Gasteiger partial charge in [-0.15, -0.1) is 0 Å². The zero-order valence-electron chi connectivity index (χ0n) is 11.9. The van der Waals surface area contributed by atoms with E-state index in [1.807, 2.05) is 0 Å². The lowest BCUT2D eigenvalue weighted by atomic mass is 9.99. The Hall–Kier alpha value is -1.87. The molecule has 0 unspecified atom stereocenters. The second kappa shape index (κ2) is 6.09. The number of nitrogens with one attached hydrogen (secondary N) is 1. The Balaban J connectivity index is 2.53. The van der Waals surface area contributed by atoms with Crippen molar-refractivity contribution in [2.45, 2.75) is 19.1 Å². The molecule has 1 saturated heterocycles. The largest absolute Gasteiger partial charge is 0.502 e. The van der Waals surface area contributed by atoms with Crippen molar-refractivity contribution in [2.75, 3.05) is 26.2 Å². The molecule has 1 aliphatic heterocycles. The SMILES string of the molecule is Cc1ccc([C@@H](N2CCNCC2)C(F)(F)F)c(O)c1[N+](=O)[O-]. The number of nitrogens with zero attached hydrogens (tertiary/aromatic N) is 2. The summed E-state index contributed by atoms with van der Waals surface area (Å²) in [5, 5.41) is 24.0. The van der Waals surface area contributed by atoms with Crippen molar-refractivity contribution in [1.29, 1.82) is 0 Å². The topological polar surface area (TPSA) is 78.6 Å². The van der Waals surface area contributed by atoms with Gasteiger partial charge in [-0.3, -0.25) is 15.0 Å². The minimum atomic E-state index is -4.64. The molecule has 0 spiro atoms. The van der Waals surface area contributed by atoms with Gasteiger partial charge in [-0.1, -0.05) is 12.1 Å². The number of hydrogen-bond donors (Lipinski definition) is 2. The Morgan fingerprint density at radius 1 is 1.36 bits per heavy atom. The molecule has 22 heavy (non-hydrogen) atoms. The normalized spacial score (nSPS) is 18.2. The third-order valence-corrected chi connectivity index (χ3v) is 3.69. The number of hydrogen-bond acceptors (Lipinski definition) is 5. The Morgan fingerprint density at radius 2 is 1.95 bits per heavy atom. The zero-order valence-corrected chi connectivity index (χ0v) is 11.9. The molecule has 0 saturated carbocycles. The maximum absolute atomic E-state index is 13.5. The summed E-state index contributed by atoms with van der Waals surface area (Å²) in [6, 6.07) is 0.278. The standard InChI is InChI=1S/C13H16F3N3O3/c1-8-2-3-9(11(20)10(8)19(21)22)12(13(14,15)16)18-6-4-17-5-7-18/h2-3,12,17,20H,4-7H2,1H3/t12-/m1/s1. The molecule has 0 radical (unpaired) electrons. The van der Waals surface area contributed by atoms with Crippen LogP contribution in [0.5, 0.6) is 5.75 Å². The van der Waals surface area contributed by atoms with Gasteiger partial charge in [0, 0.05) is 37.3 Å². The van der Waals surface area contributed by atoms with E-state index in [1.54, 1.807) is 0 Å². The molecule has 1 aromatic carbocycles. The molecule has 2 N–H and O–H groups in total. The summed E-state index contributed by atoms with van der Waals surface area (Å²) in [5.74, 6) is -0.911. The summed E-state index contributed by atoms with van der Waals surface area (Å²) in [6.45, 7) is 2.44. The first-order valence-electron chi connectivity index (χ1n) is 6.72. The number of halogens is 3. The van der Waals surface area contributed by atoms with E-state index >= 15 is 0 Å². The second-order valence-corrected chi connectivity index (χ2v) is 5.16. The van der Waals surface area contributed by atoms with Crippen molar-refractivity contribution in [3.8, 4) is 5.75 Å². The number of aryl methyl sites for hydroxylation is 1. The molecule has 0 aromatic heterocycles. The predicted octanol–water partition coefficient (Wildman–Crippen LogP) is 2.12. The van der Waals surface area contributed by atoms with E-state index in [2.05, 4.69) is 5.32 Å². The highest BCUT2D eigenvalue weighted by atomic mass is 19.4. The molecule has 0 bridgehead atoms. The first-order chi connectivity index (χ1) is 10.2. The van der Waals surface area contributed by atoms with E-state index < -0.39 is 34.1 Å². The van der Waals surface area contributed by atoms with E-state index in [0.29, 0.717) is 13.1 Å². The van der Waals surface area contributed by atoms with Crippen molar-refractivity contribution in [1.82, 2.24) is 10.2 Å². The summed E-state index contributed by atoms with van der Waals surface area (Å²) in [6.07, 6.45) is -4.64. The highest BCUT2D eigenvalue weighted by molar-refractivity contribution is 5.57. The number of benzene rings is 1. The van der Waals surface area contributed by atoms with Gasteiger partial charge in [0.05, 0.1) is 4.92 Å². The van der Waals surface area contributed by atoms with Gasteiger partial charge in [0.15, 0.2) is 5.75 Å². The molecular formula is C13H16F3N3O3. The lowest BCUT2D eigenvalue weighted by Gasteiger charge is -2.36. The highest BCUT2D eigenvalue weighted by Gasteiger charge is 2.47. The Morgan fingerprint density at radius 3 is 2.45 bits per heavy atom. The molecule has 1 fully saturated rings. The Kier molecular flexibility index (Phi) is 4.57. The van der Waals surface area contributed by atoms with Gasteiger partial charge in [-0.05, 0) is 6.92 Å². The number of nitro benzene ring substituents is 1. The van der Waals surface area contributed by atoms with Gasteiger partial charge < -0.3 is 10.4 Å². The first kappa shape index (κ1) is 16.5. The molecule has 0 amide bonds. The molecule has 1 heterocycles. The second-order valence-electron chi connectivity index (χ2n) is 5.16. The van der Waals surface area contributed by atoms with Crippen LogP contribution in [0.1, 0.15) is 17.2 Å². The summed E-state index contributed by atoms with van der Waals surface area (Å²) in [4.78, 5) is 11.3. The van der Waals surface area contributed by atoms with E-state index in [0.717, 1.165) is 6.07 Å². The van der Waals surface area contributed by atoms with Crippen LogP contribution in [0.25, 0.3) is 0 Å². The highest BCUT2D eigenvalue weighted by Crippen LogP contribution is 2.45. The minimum absolute atomic E-state index is 0.118. The maximum atomic E-state index is 13.5. The monoisotopic (exact) mass is 319 g/mol.